The minimum atomic E-state index is -0.321. The quantitative estimate of drug-likeness (QED) is 0.671. The van der Waals surface area contributed by atoms with Gasteiger partial charge < -0.3 is 5.32 Å². The number of hydrogen-bond donors (Lipinski definition) is 1. The summed E-state index contributed by atoms with van der Waals surface area (Å²) in [5.74, 6) is 0. The molecule has 3 rings (SSSR count). The van der Waals surface area contributed by atoms with Crippen molar-refractivity contribution in [3.05, 3.63) is 40.6 Å². The smallest absolute Gasteiger partial charge is 0.301 e. The Bertz CT molecular complexity index is 680. The molecule has 1 fully saturated rings. The summed E-state index contributed by atoms with van der Waals surface area (Å²) in [6.07, 6.45) is 7.34. The molecule has 21 heavy (non-hydrogen) atoms. The van der Waals surface area contributed by atoms with Crippen molar-refractivity contribution in [2.45, 2.75) is 24.0 Å². The minimum Gasteiger partial charge on any atom is -0.378 e. The van der Waals surface area contributed by atoms with Crippen molar-refractivity contribution < 1.29 is 4.92 Å². The first-order valence-electron chi connectivity index (χ1n) is 6.96. The summed E-state index contributed by atoms with van der Waals surface area (Å²) in [4.78, 5) is 15.3. The molecule has 0 unspecified atom stereocenters. The van der Waals surface area contributed by atoms with E-state index in [1.54, 1.807) is 24.4 Å². The highest BCUT2D eigenvalue weighted by Crippen LogP contribution is 2.43. The van der Waals surface area contributed by atoms with E-state index in [4.69, 9.17) is 0 Å². The Morgan fingerprint density at radius 2 is 2.24 bits per heavy atom. The fourth-order valence-electron chi connectivity index (χ4n) is 2.76. The highest BCUT2D eigenvalue weighted by atomic mass is 32.2. The van der Waals surface area contributed by atoms with E-state index < -0.39 is 0 Å². The highest BCUT2D eigenvalue weighted by Gasteiger charge is 2.36. The number of pyridine rings is 1. The van der Waals surface area contributed by atoms with Gasteiger partial charge in [-0.1, -0.05) is 6.42 Å². The molecule has 0 radical (unpaired) electrons. The van der Waals surface area contributed by atoms with E-state index in [0.29, 0.717) is 16.6 Å². The molecule has 0 bridgehead atoms. The summed E-state index contributed by atoms with van der Waals surface area (Å²) in [7, 11) is 0. The van der Waals surface area contributed by atoms with Crippen LogP contribution in [0.1, 0.15) is 19.3 Å². The largest absolute Gasteiger partial charge is 0.378 e. The maximum absolute atomic E-state index is 11.4. The van der Waals surface area contributed by atoms with Crippen LogP contribution in [0.3, 0.4) is 0 Å². The zero-order valence-electron chi connectivity index (χ0n) is 11.8. The summed E-state index contributed by atoms with van der Waals surface area (Å²) in [5, 5.41) is 15.3. The number of fused-ring (bicyclic) bond motifs is 1. The molecular weight excluding hydrogens is 286 g/mol. The van der Waals surface area contributed by atoms with Gasteiger partial charge in [-0.15, -0.1) is 0 Å². The number of thioether (sulfide) groups is 1. The molecule has 0 spiro atoms. The van der Waals surface area contributed by atoms with Gasteiger partial charge in [0.1, 0.15) is 5.69 Å². The van der Waals surface area contributed by atoms with Crippen LogP contribution in [0.4, 0.5) is 11.4 Å². The lowest BCUT2D eigenvalue weighted by Crippen LogP contribution is -2.40. The van der Waals surface area contributed by atoms with Gasteiger partial charge in [0.05, 0.1) is 15.8 Å². The molecule has 0 aliphatic heterocycles. The average molecular weight is 303 g/mol. The maximum Gasteiger partial charge on any atom is 0.301 e. The lowest BCUT2D eigenvalue weighted by Gasteiger charge is -2.40. The Labute approximate surface area is 127 Å². The number of anilines is 1. The second-order valence-electron chi connectivity index (χ2n) is 5.38. The second kappa shape index (κ2) is 5.52. The molecule has 5 nitrogen and oxygen atoms in total. The van der Waals surface area contributed by atoms with E-state index >= 15 is 0 Å². The van der Waals surface area contributed by atoms with Crippen LogP contribution in [-0.4, -0.2) is 27.5 Å². The molecule has 0 atom stereocenters. The Morgan fingerprint density at radius 3 is 2.86 bits per heavy atom. The molecule has 1 aliphatic rings. The maximum atomic E-state index is 11.4. The van der Waals surface area contributed by atoms with Gasteiger partial charge in [-0.2, -0.15) is 11.8 Å². The van der Waals surface area contributed by atoms with Crippen molar-refractivity contribution in [1.82, 2.24) is 4.98 Å². The molecule has 0 saturated heterocycles. The van der Waals surface area contributed by atoms with E-state index in [1.807, 2.05) is 17.8 Å². The van der Waals surface area contributed by atoms with Gasteiger partial charge in [0, 0.05) is 17.5 Å². The van der Waals surface area contributed by atoms with Crippen molar-refractivity contribution in [2.75, 3.05) is 18.1 Å². The van der Waals surface area contributed by atoms with Crippen molar-refractivity contribution in [3.63, 3.8) is 0 Å². The third-order valence-electron chi connectivity index (χ3n) is 4.24. The van der Waals surface area contributed by atoms with Crippen molar-refractivity contribution in [1.29, 1.82) is 0 Å². The van der Waals surface area contributed by atoms with E-state index in [9.17, 15) is 10.1 Å². The molecular formula is C15H17N3O2S. The van der Waals surface area contributed by atoms with Gasteiger partial charge in [-0.05, 0) is 43.4 Å². The summed E-state index contributed by atoms with van der Waals surface area (Å²) in [6, 6.07) is 7.07. The number of hydrogen-bond acceptors (Lipinski definition) is 5. The van der Waals surface area contributed by atoms with Crippen LogP contribution in [-0.2, 0) is 0 Å². The molecule has 1 saturated carbocycles. The van der Waals surface area contributed by atoms with Gasteiger partial charge >= 0.3 is 5.69 Å². The summed E-state index contributed by atoms with van der Waals surface area (Å²) < 4.78 is 0.234. The standard InChI is InChI=1S/C15H17N3O2S/c1-21-15(7-3-8-15)10-17-13-6-5-12-11(4-2-9-16-12)14(13)18(19)20/h2,4-6,9,17H,3,7-8,10H2,1H3. The van der Waals surface area contributed by atoms with Crippen molar-refractivity contribution in [2.24, 2.45) is 0 Å². The molecule has 1 heterocycles. The van der Waals surface area contributed by atoms with E-state index in [2.05, 4.69) is 16.6 Å². The number of nitro benzene ring substituents is 1. The molecule has 1 N–H and O–H groups in total. The highest BCUT2D eigenvalue weighted by molar-refractivity contribution is 8.00. The second-order valence-corrected chi connectivity index (χ2v) is 6.66. The van der Waals surface area contributed by atoms with Crippen LogP contribution in [0.5, 0.6) is 0 Å². The van der Waals surface area contributed by atoms with Gasteiger partial charge in [-0.3, -0.25) is 15.1 Å². The van der Waals surface area contributed by atoms with Gasteiger partial charge in [0.15, 0.2) is 0 Å². The lowest BCUT2D eigenvalue weighted by molar-refractivity contribution is -0.382. The zero-order valence-corrected chi connectivity index (χ0v) is 12.7. The van der Waals surface area contributed by atoms with Crippen molar-refractivity contribution in [3.8, 4) is 0 Å². The fraction of sp³-hybridized carbons (Fsp3) is 0.400. The van der Waals surface area contributed by atoms with Gasteiger partial charge in [-0.25, -0.2) is 0 Å². The van der Waals surface area contributed by atoms with Crippen molar-refractivity contribution >= 4 is 34.0 Å². The monoisotopic (exact) mass is 303 g/mol. The average Bonchev–Trinajstić information content (AvgIpc) is 2.45. The summed E-state index contributed by atoms with van der Waals surface area (Å²) >= 11 is 1.85. The SMILES string of the molecule is CSC1(CNc2ccc3ncccc3c2[N+](=O)[O-])CCC1. The Hall–Kier alpha value is -1.82. The lowest BCUT2D eigenvalue weighted by atomic mass is 9.84. The summed E-state index contributed by atoms with van der Waals surface area (Å²) in [6.45, 7) is 0.765. The van der Waals surface area contributed by atoms with E-state index in [-0.39, 0.29) is 15.4 Å². The molecule has 1 aromatic heterocycles. The number of aromatic nitrogens is 1. The fourth-order valence-corrected chi connectivity index (χ4v) is 3.67. The predicted molar refractivity (Wildman–Crippen MR) is 87.0 cm³/mol. The summed E-state index contributed by atoms with van der Waals surface area (Å²) in [5.41, 5.74) is 1.36. The topological polar surface area (TPSA) is 68.1 Å². The zero-order chi connectivity index (χ0) is 14.9. The van der Waals surface area contributed by atoms with Crippen LogP contribution in [0.25, 0.3) is 10.9 Å². The Balaban J connectivity index is 1.94. The molecule has 6 heteroatoms. The Morgan fingerprint density at radius 1 is 1.43 bits per heavy atom. The molecule has 1 aromatic carbocycles. The molecule has 2 aromatic rings. The first-order chi connectivity index (χ1) is 10.2. The number of benzene rings is 1. The van der Waals surface area contributed by atoms with Crippen LogP contribution in [0.15, 0.2) is 30.5 Å². The molecule has 0 amide bonds. The van der Waals surface area contributed by atoms with Gasteiger partial charge in [0.25, 0.3) is 0 Å². The van der Waals surface area contributed by atoms with Crippen LogP contribution in [0, 0.1) is 10.1 Å². The molecule has 110 valence electrons. The van der Waals surface area contributed by atoms with Crippen LogP contribution < -0.4 is 5.32 Å². The number of nitrogens with one attached hydrogen (secondary N) is 1. The van der Waals surface area contributed by atoms with Crippen LogP contribution in [0.2, 0.25) is 0 Å². The van der Waals surface area contributed by atoms with Gasteiger partial charge in [0.2, 0.25) is 0 Å². The number of nitro groups is 1. The minimum absolute atomic E-state index is 0.121. The normalized spacial score (nSPS) is 16.4. The molecule has 1 aliphatic carbocycles. The Kier molecular flexibility index (Phi) is 3.71. The van der Waals surface area contributed by atoms with E-state index in [1.165, 1.54) is 19.3 Å². The first-order valence-corrected chi connectivity index (χ1v) is 8.19. The third kappa shape index (κ3) is 2.55. The third-order valence-corrected chi connectivity index (χ3v) is 5.66. The van der Waals surface area contributed by atoms with Crippen LogP contribution >= 0.6 is 11.8 Å². The number of nitrogens with zero attached hydrogens (tertiary/aromatic N) is 2. The number of rotatable bonds is 5. The predicted octanol–water partition coefficient (Wildman–Crippen LogP) is 3.84. The first kappa shape index (κ1) is 14.1. The van der Waals surface area contributed by atoms with E-state index in [0.717, 1.165) is 6.54 Å².